The maximum atomic E-state index is 13.3. The zero-order valence-corrected chi connectivity index (χ0v) is 21.7. The van der Waals surface area contributed by atoms with Crippen molar-refractivity contribution in [2.45, 2.75) is 64.9 Å². The van der Waals surface area contributed by atoms with E-state index in [0.717, 1.165) is 16.7 Å². The van der Waals surface area contributed by atoms with Crippen LogP contribution in [0, 0.1) is 6.92 Å². The van der Waals surface area contributed by atoms with Crippen molar-refractivity contribution >= 4 is 46.8 Å². The van der Waals surface area contributed by atoms with Gasteiger partial charge in [-0.15, -0.1) is 11.8 Å². The third kappa shape index (κ3) is 8.02. The smallest absolute Gasteiger partial charge is 0.243 e. The third-order valence-corrected chi connectivity index (χ3v) is 6.54. The van der Waals surface area contributed by atoms with Crippen molar-refractivity contribution < 1.29 is 9.59 Å². The summed E-state index contributed by atoms with van der Waals surface area (Å²) in [7, 11) is 0. The first kappa shape index (κ1) is 26.6. The molecule has 0 aliphatic rings. The van der Waals surface area contributed by atoms with Crippen LogP contribution in [0.3, 0.4) is 0 Å². The molecule has 0 aliphatic carbocycles. The standard InChI is InChI=1S/C25H32Cl2N2O2S/c1-6-22(24(31)28-25(3,4)5)29(14-18-10-8-7-9-17(18)2)23(30)16-32-15-19-11-12-20(26)13-21(19)27/h7-13,22H,6,14-16H2,1-5H3,(H,28,31)/t22-/m1/s1. The number of thioether (sulfide) groups is 1. The SMILES string of the molecule is CC[C@H](C(=O)NC(C)(C)C)N(Cc1ccccc1C)C(=O)CSCc1ccc(Cl)cc1Cl. The zero-order chi connectivity index (χ0) is 23.9. The van der Waals surface area contributed by atoms with Gasteiger partial charge in [0.05, 0.1) is 5.75 Å². The number of aryl methyl sites for hydroxylation is 1. The average Bonchev–Trinajstić information content (AvgIpc) is 2.69. The maximum absolute atomic E-state index is 13.3. The lowest BCUT2D eigenvalue weighted by Gasteiger charge is -2.33. The van der Waals surface area contributed by atoms with Crippen LogP contribution in [0.4, 0.5) is 0 Å². The summed E-state index contributed by atoms with van der Waals surface area (Å²) in [4.78, 5) is 28.1. The minimum Gasteiger partial charge on any atom is -0.350 e. The molecule has 32 heavy (non-hydrogen) atoms. The fourth-order valence-electron chi connectivity index (χ4n) is 3.31. The van der Waals surface area contributed by atoms with E-state index >= 15 is 0 Å². The van der Waals surface area contributed by atoms with Crippen LogP contribution < -0.4 is 5.32 Å². The van der Waals surface area contributed by atoms with Gasteiger partial charge in [0.25, 0.3) is 0 Å². The Morgan fingerprint density at radius 3 is 2.38 bits per heavy atom. The fraction of sp³-hybridized carbons (Fsp3) is 0.440. The van der Waals surface area contributed by atoms with Crippen LogP contribution in [-0.2, 0) is 21.9 Å². The molecule has 0 unspecified atom stereocenters. The van der Waals surface area contributed by atoms with Crippen LogP contribution in [0.2, 0.25) is 10.0 Å². The molecule has 174 valence electrons. The fourth-order valence-corrected chi connectivity index (χ4v) is 4.78. The van der Waals surface area contributed by atoms with Crippen molar-refractivity contribution in [3.05, 3.63) is 69.2 Å². The van der Waals surface area contributed by atoms with E-state index in [1.807, 2.05) is 65.0 Å². The highest BCUT2D eigenvalue weighted by Crippen LogP contribution is 2.25. The van der Waals surface area contributed by atoms with Gasteiger partial charge in [-0.25, -0.2) is 0 Å². The van der Waals surface area contributed by atoms with Gasteiger partial charge in [-0.2, -0.15) is 0 Å². The minimum absolute atomic E-state index is 0.0701. The summed E-state index contributed by atoms with van der Waals surface area (Å²) in [6, 6.07) is 12.8. The number of carbonyl (C=O) groups is 2. The zero-order valence-electron chi connectivity index (χ0n) is 19.4. The van der Waals surface area contributed by atoms with Gasteiger partial charge in [0.2, 0.25) is 11.8 Å². The number of nitrogens with one attached hydrogen (secondary N) is 1. The van der Waals surface area contributed by atoms with E-state index < -0.39 is 6.04 Å². The van der Waals surface area contributed by atoms with E-state index in [9.17, 15) is 9.59 Å². The Morgan fingerprint density at radius 1 is 1.09 bits per heavy atom. The van der Waals surface area contributed by atoms with E-state index in [2.05, 4.69) is 5.32 Å². The molecule has 2 aromatic rings. The Hall–Kier alpha value is -1.69. The monoisotopic (exact) mass is 494 g/mol. The topological polar surface area (TPSA) is 49.4 Å². The molecule has 1 atom stereocenters. The van der Waals surface area contributed by atoms with Gasteiger partial charge in [0.15, 0.2) is 0 Å². The number of hydrogen-bond acceptors (Lipinski definition) is 3. The number of rotatable bonds is 9. The highest BCUT2D eigenvalue weighted by Gasteiger charge is 2.30. The molecule has 0 aromatic heterocycles. The molecule has 0 radical (unpaired) electrons. The first-order valence-corrected chi connectivity index (χ1v) is 12.6. The van der Waals surface area contributed by atoms with Crippen molar-refractivity contribution in [3.8, 4) is 0 Å². The van der Waals surface area contributed by atoms with Crippen LogP contribution in [0.5, 0.6) is 0 Å². The van der Waals surface area contributed by atoms with Gasteiger partial charge >= 0.3 is 0 Å². The highest BCUT2D eigenvalue weighted by molar-refractivity contribution is 7.99. The molecule has 2 amide bonds. The van der Waals surface area contributed by atoms with Crippen molar-refractivity contribution in [1.82, 2.24) is 10.2 Å². The lowest BCUT2D eigenvalue weighted by Crippen LogP contribution is -2.53. The number of nitrogens with zero attached hydrogens (tertiary/aromatic N) is 1. The summed E-state index contributed by atoms with van der Waals surface area (Å²) < 4.78 is 0. The first-order valence-electron chi connectivity index (χ1n) is 10.7. The molecule has 0 spiro atoms. The van der Waals surface area contributed by atoms with E-state index in [1.165, 1.54) is 11.8 Å². The number of halogens is 2. The largest absolute Gasteiger partial charge is 0.350 e. The van der Waals surface area contributed by atoms with E-state index in [-0.39, 0.29) is 23.1 Å². The second kappa shape index (κ2) is 12.0. The molecule has 0 bridgehead atoms. The van der Waals surface area contributed by atoms with E-state index in [1.54, 1.807) is 17.0 Å². The van der Waals surface area contributed by atoms with Gasteiger partial charge in [-0.05, 0) is 62.9 Å². The molecular formula is C25H32Cl2N2O2S. The lowest BCUT2D eigenvalue weighted by atomic mass is 10.0. The summed E-state index contributed by atoms with van der Waals surface area (Å²) in [5.74, 6) is 0.640. The maximum Gasteiger partial charge on any atom is 0.243 e. The molecule has 4 nitrogen and oxygen atoms in total. The average molecular weight is 496 g/mol. The van der Waals surface area contributed by atoms with Crippen LogP contribution in [0.25, 0.3) is 0 Å². The molecule has 0 saturated carbocycles. The lowest BCUT2D eigenvalue weighted by molar-refractivity contribution is -0.140. The molecular weight excluding hydrogens is 463 g/mol. The summed E-state index contributed by atoms with van der Waals surface area (Å²) in [6.07, 6.45) is 0.535. The molecule has 0 heterocycles. The molecule has 0 aliphatic heterocycles. The minimum atomic E-state index is -0.541. The number of amides is 2. The molecule has 7 heteroatoms. The molecule has 2 aromatic carbocycles. The predicted molar refractivity (Wildman–Crippen MR) is 136 cm³/mol. The Balaban J connectivity index is 2.19. The van der Waals surface area contributed by atoms with Gasteiger partial charge in [-0.3, -0.25) is 9.59 Å². The summed E-state index contributed by atoms with van der Waals surface area (Å²) in [5.41, 5.74) is 2.68. The Morgan fingerprint density at radius 2 is 1.78 bits per heavy atom. The number of hydrogen-bond donors (Lipinski definition) is 1. The Bertz CT molecular complexity index is 944. The van der Waals surface area contributed by atoms with Gasteiger partial charge in [0.1, 0.15) is 6.04 Å². The predicted octanol–water partition coefficient (Wildman–Crippen LogP) is 6.26. The Kier molecular flexibility index (Phi) is 9.93. The second-order valence-electron chi connectivity index (χ2n) is 8.84. The number of carbonyl (C=O) groups excluding carboxylic acids is 2. The van der Waals surface area contributed by atoms with Crippen molar-refractivity contribution in [1.29, 1.82) is 0 Å². The summed E-state index contributed by atoms with van der Waals surface area (Å²) in [5, 5.41) is 4.20. The molecule has 2 rings (SSSR count). The third-order valence-electron chi connectivity index (χ3n) is 4.98. The van der Waals surface area contributed by atoms with E-state index in [0.29, 0.717) is 28.8 Å². The van der Waals surface area contributed by atoms with Crippen molar-refractivity contribution in [2.24, 2.45) is 0 Å². The highest BCUT2D eigenvalue weighted by atomic mass is 35.5. The van der Waals surface area contributed by atoms with Crippen LogP contribution in [0.1, 0.15) is 50.8 Å². The van der Waals surface area contributed by atoms with Crippen LogP contribution in [-0.4, -0.2) is 34.0 Å². The van der Waals surface area contributed by atoms with Crippen LogP contribution in [0.15, 0.2) is 42.5 Å². The van der Waals surface area contributed by atoms with Gasteiger partial charge < -0.3 is 10.2 Å². The second-order valence-corrected chi connectivity index (χ2v) is 10.7. The van der Waals surface area contributed by atoms with Crippen molar-refractivity contribution in [3.63, 3.8) is 0 Å². The first-order chi connectivity index (χ1) is 15.0. The normalized spacial score (nSPS) is 12.3. The van der Waals surface area contributed by atoms with Gasteiger partial charge in [0, 0.05) is 27.9 Å². The van der Waals surface area contributed by atoms with Crippen molar-refractivity contribution in [2.75, 3.05) is 5.75 Å². The Labute approximate surface area is 206 Å². The summed E-state index contributed by atoms with van der Waals surface area (Å²) in [6.45, 7) is 10.2. The van der Waals surface area contributed by atoms with Crippen LogP contribution >= 0.6 is 35.0 Å². The van der Waals surface area contributed by atoms with E-state index in [4.69, 9.17) is 23.2 Å². The van der Waals surface area contributed by atoms with Gasteiger partial charge in [-0.1, -0.05) is 60.5 Å². The number of benzene rings is 2. The molecule has 0 saturated heterocycles. The quantitative estimate of drug-likeness (QED) is 0.447. The summed E-state index contributed by atoms with van der Waals surface area (Å²) >= 11 is 13.7. The molecule has 0 fully saturated rings. The molecule has 1 N–H and O–H groups in total.